The lowest BCUT2D eigenvalue weighted by atomic mass is 10.1. The highest BCUT2D eigenvalue weighted by molar-refractivity contribution is 7.10. The fourth-order valence-corrected chi connectivity index (χ4v) is 3.23. The third kappa shape index (κ3) is 4.99. The van der Waals surface area contributed by atoms with E-state index in [1.54, 1.807) is 5.38 Å². The molecule has 0 bridgehead atoms. The fraction of sp³-hybridized carbons (Fsp3) is 0.222. The summed E-state index contributed by atoms with van der Waals surface area (Å²) in [7, 11) is 0. The number of halogens is 3. The number of thiazole rings is 1. The van der Waals surface area contributed by atoms with Crippen molar-refractivity contribution < 1.29 is 32.3 Å². The fourth-order valence-electron chi connectivity index (χ4n) is 2.70. The van der Waals surface area contributed by atoms with E-state index in [0.717, 1.165) is 6.08 Å². The molecule has 2 amide bonds. The summed E-state index contributed by atoms with van der Waals surface area (Å²) in [6.45, 7) is -0.920. The smallest absolute Gasteiger partial charge is 0.409 e. The van der Waals surface area contributed by atoms with E-state index in [1.165, 1.54) is 47.9 Å². The summed E-state index contributed by atoms with van der Waals surface area (Å²) < 4.78 is 45.5. The van der Waals surface area contributed by atoms with Gasteiger partial charge in [-0.05, 0) is 18.2 Å². The van der Waals surface area contributed by atoms with Gasteiger partial charge in [0.15, 0.2) is 6.61 Å². The minimum atomic E-state index is -4.86. The first kappa shape index (κ1) is 20.5. The highest BCUT2D eigenvalue weighted by Gasteiger charge is 2.49. The SMILES string of the molecule is O=C1CC(C(F)(F)F)N(C(=O)COC(=O)C=Cc2nccs2)c2ccccc2N1. The molecule has 1 aliphatic rings. The van der Waals surface area contributed by atoms with Gasteiger partial charge in [0.05, 0.1) is 17.8 Å². The standard InChI is InChI=1S/C18H14F3N3O4S/c19-18(20,21)13-9-14(25)23-11-3-1-2-4-12(11)24(13)16(26)10-28-17(27)6-5-15-22-7-8-29-15/h1-8,13H,9-10H2,(H,23,25). The summed E-state index contributed by atoms with van der Waals surface area (Å²) in [5.41, 5.74) is -0.0624. The molecule has 1 atom stereocenters. The molecule has 0 aliphatic carbocycles. The summed E-state index contributed by atoms with van der Waals surface area (Å²) in [5.74, 6) is -2.89. The van der Waals surface area contributed by atoms with Crippen LogP contribution in [0.15, 0.2) is 41.9 Å². The lowest BCUT2D eigenvalue weighted by Crippen LogP contribution is -2.51. The Morgan fingerprint density at radius 1 is 1.34 bits per heavy atom. The van der Waals surface area contributed by atoms with Crippen LogP contribution in [0.1, 0.15) is 11.4 Å². The molecule has 1 unspecified atom stereocenters. The van der Waals surface area contributed by atoms with Gasteiger partial charge in [-0.3, -0.25) is 14.5 Å². The van der Waals surface area contributed by atoms with Crippen LogP contribution in [-0.2, 0) is 19.1 Å². The number of anilines is 2. The first-order valence-electron chi connectivity index (χ1n) is 8.27. The summed E-state index contributed by atoms with van der Waals surface area (Å²) in [4.78, 5) is 40.6. The van der Waals surface area contributed by atoms with Crippen LogP contribution in [-0.4, -0.2) is 41.6 Å². The third-order valence-electron chi connectivity index (χ3n) is 3.93. The highest BCUT2D eigenvalue weighted by Crippen LogP contribution is 2.37. The van der Waals surface area contributed by atoms with E-state index in [4.69, 9.17) is 4.74 Å². The predicted molar refractivity (Wildman–Crippen MR) is 99.1 cm³/mol. The monoisotopic (exact) mass is 425 g/mol. The molecule has 1 N–H and O–H groups in total. The zero-order valence-corrected chi connectivity index (χ0v) is 15.5. The maximum atomic E-state index is 13.6. The van der Waals surface area contributed by atoms with Crippen molar-refractivity contribution in [2.75, 3.05) is 16.8 Å². The number of ether oxygens (including phenoxy) is 1. The van der Waals surface area contributed by atoms with Gasteiger partial charge in [0, 0.05) is 17.7 Å². The number of fused-ring (bicyclic) bond motifs is 1. The second-order valence-corrected chi connectivity index (χ2v) is 6.83. The van der Waals surface area contributed by atoms with E-state index >= 15 is 0 Å². The molecule has 3 rings (SSSR count). The number of nitrogens with zero attached hydrogens (tertiary/aromatic N) is 2. The van der Waals surface area contributed by atoms with E-state index in [0.29, 0.717) is 9.91 Å². The minimum Gasteiger partial charge on any atom is -0.452 e. The number of carbonyl (C=O) groups is 3. The van der Waals surface area contributed by atoms with E-state index in [2.05, 4.69) is 10.3 Å². The first-order chi connectivity index (χ1) is 13.8. The van der Waals surface area contributed by atoms with Crippen LogP contribution in [0.2, 0.25) is 0 Å². The molecule has 1 aromatic carbocycles. The molecule has 2 aromatic rings. The molecule has 1 aliphatic heterocycles. The van der Waals surface area contributed by atoms with Crippen molar-refractivity contribution >= 4 is 46.6 Å². The van der Waals surface area contributed by atoms with E-state index in [-0.39, 0.29) is 11.4 Å². The Labute approximate surface area is 166 Å². The van der Waals surface area contributed by atoms with Crippen LogP contribution in [0, 0.1) is 0 Å². The van der Waals surface area contributed by atoms with Crippen molar-refractivity contribution in [2.24, 2.45) is 0 Å². The average molecular weight is 425 g/mol. The summed E-state index contributed by atoms with van der Waals surface area (Å²) in [5, 5.41) is 4.57. The average Bonchev–Trinajstić information content (AvgIpc) is 3.12. The van der Waals surface area contributed by atoms with Gasteiger partial charge in [-0.25, -0.2) is 9.78 Å². The number of rotatable bonds is 4. The summed E-state index contributed by atoms with van der Waals surface area (Å²) in [6.07, 6.45) is -1.92. The molecule has 0 spiro atoms. The molecule has 2 heterocycles. The minimum absolute atomic E-state index is 0.0626. The number of hydrogen-bond acceptors (Lipinski definition) is 6. The van der Waals surface area contributed by atoms with Crippen LogP contribution in [0.3, 0.4) is 0 Å². The quantitative estimate of drug-likeness (QED) is 0.601. The van der Waals surface area contributed by atoms with Gasteiger partial charge >= 0.3 is 12.1 Å². The van der Waals surface area contributed by atoms with Crippen molar-refractivity contribution in [3.05, 3.63) is 46.9 Å². The molecular formula is C18H14F3N3O4S. The van der Waals surface area contributed by atoms with Gasteiger partial charge in [0.25, 0.3) is 5.91 Å². The third-order valence-corrected chi connectivity index (χ3v) is 4.67. The van der Waals surface area contributed by atoms with Gasteiger partial charge in [-0.1, -0.05) is 12.1 Å². The highest BCUT2D eigenvalue weighted by atomic mass is 32.1. The van der Waals surface area contributed by atoms with E-state index in [9.17, 15) is 27.6 Å². The molecule has 1 aromatic heterocycles. The Kier molecular flexibility index (Phi) is 5.97. The van der Waals surface area contributed by atoms with E-state index in [1.807, 2.05) is 0 Å². The number of aromatic nitrogens is 1. The molecule has 152 valence electrons. The molecular weight excluding hydrogens is 411 g/mol. The van der Waals surface area contributed by atoms with Gasteiger partial charge in [0.2, 0.25) is 5.91 Å². The van der Waals surface area contributed by atoms with Gasteiger partial charge < -0.3 is 10.1 Å². The number of amides is 2. The van der Waals surface area contributed by atoms with Crippen molar-refractivity contribution in [1.82, 2.24) is 4.98 Å². The number of esters is 1. The Balaban J connectivity index is 1.80. The topological polar surface area (TPSA) is 88.6 Å². The van der Waals surface area contributed by atoms with Crippen LogP contribution in [0.4, 0.5) is 24.5 Å². The van der Waals surface area contributed by atoms with Crippen molar-refractivity contribution in [2.45, 2.75) is 18.6 Å². The van der Waals surface area contributed by atoms with Gasteiger partial charge in [-0.15, -0.1) is 11.3 Å². The van der Waals surface area contributed by atoms with Crippen molar-refractivity contribution in [1.29, 1.82) is 0 Å². The maximum absolute atomic E-state index is 13.6. The largest absolute Gasteiger partial charge is 0.452 e. The lowest BCUT2D eigenvalue weighted by Gasteiger charge is -2.31. The van der Waals surface area contributed by atoms with Crippen molar-refractivity contribution in [3.8, 4) is 0 Å². The molecule has 0 saturated carbocycles. The number of benzene rings is 1. The molecule has 7 nitrogen and oxygen atoms in total. The lowest BCUT2D eigenvalue weighted by molar-refractivity contribution is -0.159. The van der Waals surface area contributed by atoms with Crippen LogP contribution < -0.4 is 10.2 Å². The predicted octanol–water partition coefficient (Wildman–Crippen LogP) is 3.01. The number of hydrogen-bond donors (Lipinski definition) is 1. The van der Waals surface area contributed by atoms with E-state index < -0.39 is 43.0 Å². The van der Waals surface area contributed by atoms with Crippen LogP contribution in [0.25, 0.3) is 6.08 Å². The van der Waals surface area contributed by atoms with Gasteiger partial charge in [0.1, 0.15) is 11.0 Å². The molecule has 0 saturated heterocycles. The first-order valence-corrected chi connectivity index (χ1v) is 9.15. The number of para-hydroxylation sites is 2. The summed E-state index contributed by atoms with van der Waals surface area (Å²) in [6, 6.07) is 3.23. The summed E-state index contributed by atoms with van der Waals surface area (Å²) >= 11 is 1.27. The normalized spacial score (nSPS) is 16.9. The van der Waals surface area contributed by atoms with Crippen molar-refractivity contribution in [3.63, 3.8) is 0 Å². The second kappa shape index (κ2) is 8.43. The Hall–Kier alpha value is -3.21. The molecule has 0 fully saturated rings. The van der Waals surface area contributed by atoms with Crippen LogP contribution in [0.5, 0.6) is 0 Å². The Bertz CT molecular complexity index is 944. The van der Waals surface area contributed by atoms with Crippen LogP contribution >= 0.6 is 11.3 Å². The molecule has 11 heteroatoms. The number of carbonyl (C=O) groups excluding carboxylic acids is 3. The Morgan fingerprint density at radius 3 is 2.79 bits per heavy atom. The number of nitrogens with one attached hydrogen (secondary N) is 1. The zero-order chi connectivity index (χ0) is 21.0. The Morgan fingerprint density at radius 2 is 2.10 bits per heavy atom. The molecule has 0 radical (unpaired) electrons. The van der Waals surface area contributed by atoms with Gasteiger partial charge in [-0.2, -0.15) is 13.2 Å². The molecule has 29 heavy (non-hydrogen) atoms. The maximum Gasteiger partial charge on any atom is 0.409 e. The zero-order valence-electron chi connectivity index (χ0n) is 14.7. The second-order valence-electron chi connectivity index (χ2n) is 5.90. The number of alkyl halides is 3.